The van der Waals surface area contributed by atoms with Crippen LogP contribution in [0, 0.1) is 13.8 Å². The van der Waals surface area contributed by atoms with Crippen molar-refractivity contribution in [3.05, 3.63) is 111 Å². The molecular formula is C26H20O3. The second kappa shape index (κ2) is 7.72. The summed E-state index contributed by atoms with van der Waals surface area (Å²) in [5.41, 5.74) is 4.31. The number of hydrogen-bond donors (Lipinski definition) is 0. The molecular weight excluding hydrogens is 360 g/mol. The van der Waals surface area contributed by atoms with E-state index >= 15 is 0 Å². The molecule has 1 aromatic heterocycles. The lowest BCUT2D eigenvalue weighted by atomic mass is 10.0. The van der Waals surface area contributed by atoms with Crippen LogP contribution >= 0.6 is 0 Å². The van der Waals surface area contributed by atoms with Gasteiger partial charge < -0.3 is 4.42 Å². The minimum atomic E-state index is -0.156. The Hall–Kier alpha value is -3.72. The number of benzene rings is 3. The summed E-state index contributed by atoms with van der Waals surface area (Å²) in [7, 11) is 0. The van der Waals surface area contributed by atoms with Crippen molar-refractivity contribution in [2.45, 2.75) is 13.8 Å². The minimum absolute atomic E-state index is 0.123. The molecule has 0 amide bonds. The van der Waals surface area contributed by atoms with Gasteiger partial charge in [-0.25, -0.2) is 0 Å². The molecule has 0 unspecified atom stereocenters. The van der Waals surface area contributed by atoms with Crippen LogP contribution in [0.15, 0.2) is 88.1 Å². The van der Waals surface area contributed by atoms with Gasteiger partial charge in [0.2, 0.25) is 0 Å². The number of fused-ring (bicyclic) bond motifs is 1. The fraction of sp³-hybridized carbons (Fsp3) is 0.0769. The van der Waals surface area contributed by atoms with Crippen molar-refractivity contribution < 1.29 is 9.21 Å². The zero-order valence-electron chi connectivity index (χ0n) is 16.3. The van der Waals surface area contributed by atoms with Crippen LogP contribution in [0.4, 0.5) is 0 Å². The molecule has 0 aliphatic rings. The molecule has 0 radical (unpaired) electrons. The standard InChI is InChI=1S/C26H20O3/c1-17-8-10-19(11-9-17)12-14-23(27)21-13-15-24-22(16-21)25(28)18(2)26(29-24)20-6-4-3-5-7-20/h3-16H,1-2H3/b14-12+. The van der Waals surface area contributed by atoms with Gasteiger partial charge in [-0.05, 0) is 43.7 Å². The molecule has 29 heavy (non-hydrogen) atoms. The Labute approximate surface area is 168 Å². The molecule has 142 valence electrons. The fourth-order valence-corrected chi connectivity index (χ4v) is 3.25. The van der Waals surface area contributed by atoms with Crippen LogP contribution in [0.25, 0.3) is 28.4 Å². The van der Waals surface area contributed by atoms with Crippen LogP contribution in [0.1, 0.15) is 27.0 Å². The van der Waals surface area contributed by atoms with E-state index in [4.69, 9.17) is 4.42 Å². The number of rotatable bonds is 4. The first-order valence-electron chi connectivity index (χ1n) is 9.45. The third-order valence-electron chi connectivity index (χ3n) is 4.94. The molecule has 0 N–H and O–H groups in total. The second-order valence-corrected chi connectivity index (χ2v) is 7.07. The van der Waals surface area contributed by atoms with E-state index in [1.807, 2.05) is 61.5 Å². The van der Waals surface area contributed by atoms with E-state index in [-0.39, 0.29) is 11.2 Å². The molecule has 0 saturated carbocycles. The van der Waals surface area contributed by atoms with Crippen molar-refractivity contribution >= 4 is 22.8 Å². The van der Waals surface area contributed by atoms with Gasteiger partial charge in [-0.2, -0.15) is 0 Å². The van der Waals surface area contributed by atoms with Crippen molar-refractivity contribution in [1.82, 2.24) is 0 Å². The maximum atomic E-state index is 12.9. The molecule has 3 heteroatoms. The number of ketones is 1. The maximum absolute atomic E-state index is 12.9. The van der Waals surface area contributed by atoms with E-state index in [2.05, 4.69) is 0 Å². The van der Waals surface area contributed by atoms with Crippen LogP contribution in [0.3, 0.4) is 0 Å². The van der Waals surface area contributed by atoms with Gasteiger partial charge in [0.15, 0.2) is 11.2 Å². The van der Waals surface area contributed by atoms with Crippen LogP contribution in [-0.4, -0.2) is 5.78 Å². The fourth-order valence-electron chi connectivity index (χ4n) is 3.25. The topological polar surface area (TPSA) is 47.3 Å². The number of allylic oxidation sites excluding steroid dienone is 1. The summed E-state index contributed by atoms with van der Waals surface area (Å²) in [6.07, 6.45) is 3.30. The predicted octanol–water partition coefficient (Wildman–Crippen LogP) is 5.97. The van der Waals surface area contributed by atoms with Gasteiger partial charge in [0.25, 0.3) is 0 Å². The van der Waals surface area contributed by atoms with Gasteiger partial charge in [0.1, 0.15) is 11.3 Å². The summed E-state index contributed by atoms with van der Waals surface area (Å²) in [6, 6.07) is 22.5. The first kappa shape index (κ1) is 18.6. The summed E-state index contributed by atoms with van der Waals surface area (Å²) >= 11 is 0. The predicted molar refractivity (Wildman–Crippen MR) is 117 cm³/mol. The molecule has 3 nitrogen and oxygen atoms in total. The van der Waals surface area contributed by atoms with Gasteiger partial charge in [0.05, 0.1) is 5.39 Å². The van der Waals surface area contributed by atoms with Crippen LogP contribution < -0.4 is 5.43 Å². The Morgan fingerprint density at radius 3 is 2.34 bits per heavy atom. The zero-order chi connectivity index (χ0) is 20.4. The highest BCUT2D eigenvalue weighted by Gasteiger charge is 2.14. The van der Waals surface area contributed by atoms with E-state index in [0.29, 0.717) is 27.9 Å². The van der Waals surface area contributed by atoms with Gasteiger partial charge in [-0.1, -0.05) is 66.2 Å². The highest BCUT2D eigenvalue weighted by molar-refractivity contribution is 6.08. The van der Waals surface area contributed by atoms with Crippen LogP contribution in [-0.2, 0) is 0 Å². The SMILES string of the molecule is Cc1ccc(/C=C/C(=O)c2ccc3oc(-c4ccccc4)c(C)c(=O)c3c2)cc1. The Balaban J connectivity index is 1.71. The molecule has 1 heterocycles. The van der Waals surface area contributed by atoms with Gasteiger partial charge in [0, 0.05) is 16.7 Å². The molecule has 0 spiro atoms. The van der Waals surface area contributed by atoms with Crippen molar-refractivity contribution in [3.63, 3.8) is 0 Å². The summed E-state index contributed by atoms with van der Waals surface area (Å²) in [5.74, 6) is 0.401. The first-order chi connectivity index (χ1) is 14.0. The molecule has 0 aliphatic heterocycles. The van der Waals surface area contributed by atoms with Gasteiger partial charge in [-0.3, -0.25) is 9.59 Å². The number of aryl methyl sites for hydroxylation is 1. The molecule has 0 bridgehead atoms. The summed E-state index contributed by atoms with van der Waals surface area (Å²) in [6.45, 7) is 3.77. The summed E-state index contributed by atoms with van der Waals surface area (Å²) in [4.78, 5) is 25.5. The quantitative estimate of drug-likeness (QED) is 0.323. The van der Waals surface area contributed by atoms with Crippen molar-refractivity contribution in [2.24, 2.45) is 0 Å². The lowest BCUT2D eigenvalue weighted by Gasteiger charge is -2.07. The van der Waals surface area contributed by atoms with Crippen LogP contribution in [0.2, 0.25) is 0 Å². The van der Waals surface area contributed by atoms with E-state index in [0.717, 1.165) is 11.1 Å². The average molecular weight is 380 g/mol. The maximum Gasteiger partial charge on any atom is 0.196 e. The summed E-state index contributed by atoms with van der Waals surface area (Å²) < 4.78 is 6.01. The highest BCUT2D eigenvalue weighted by atomic mass is 16.3. The molecule has 4 rings (SSSR count). The molecule has 0 atom stereocenters. The molecule has 0 saturated heterocycles. The lowest BCUT2D eigenvalue weighted by Crippen LogP contribution is -2.08. The van der Waals surface area contributed by atoms with Crippen molar-refractivity contribution in [3.8, 4) is 11.3 Å². The second-order valence-electron chi connectivity index (χ2n) is 7.07. The molecule has 3 aromatic carbocycles. The number of hydrogen-bond acceptors (Lipinski definition) is 3. The minimum Gasteiger partial charge on any atom is -0.456 e. The zero-order valence-corrected chi connectivity index (χ0v) is 16.3. The van der Waals surface area contributed by atoms with E-state index in [9.17, 15) is 9.59 Å². The van der Waals surface area contributed by atoms with E-state index < -0.39 is 0 Å². The largest absolute Gasteiger partial charge is 0.456 e. The van der Waals surface area contributed by atoms with E-state index in [1.165, 1.54) is 11.6 Å². The normalized spacial score (nSPS) is 11.2. The first-order valence-corrected chi connectivity index (χ1v) is 9.45. The summed E-state index contributed by atoms with van der Waals surface area (Å²) in [5, 5.41) is 0.414. The number of carbonyl (C=O) groups is 1. The Morgan fingerprint density at radius 1 is 0.897 bits per heavy atom. The molecule has 4 aromatic rings. The van der Waals surface area contributed by atoms with Crippen molar-refractivity contribution in [2.75, 3.05) is 0 Å². The Kier molecular flexibility index (Phi) is 4.96. The van der Waals surface area contributed by atoms with Gasteiger partial charge in [-0.15, -0.1) is 0 Å². The molecule has 0 aliphatic carbocycles. The van der Waals surface area contributed by atoms with Crippen molar-refractivity contribution in [1.29, 1.82) is 0 Å². The van der Waals surface area contributed by atoms with E-state index in [1.54, 1.807) is 31.2 Å². The Morgan fingerprint density at radius 2 is 1.62 bits per heavy atom. The highest BCUT2D eigenvalue weighted by Crippen LogP contribution is 2.26. The number of carbonyl (C=O) groups excluding carboxylic acids is 1. The smallest absolute Gasteiger partial charge is 0.196 e. The average Bonchev–Trinajstić information content (AvgIpc) is 2.76. The lowest BCUT2D eigenvalue weighted by molar-refractivity contribution is 0.104. The third kappa shape index (κ3) is 3.81. The third-order valence-corrected chi connectivity index (χ3v) is 4.94. The monoisotopic (exact) mass is 380 g/mol. The Bertz CT molecular complexity index is 1280. The molecule has 0 fully saturated rings. The van der Waals surface area contributed by atoms with Crippen LogP contribution in [0.5, 0.6) is 0 Å². The van der Waals surface area contributed by atoms with Gasteiger partial charge >= 0.3 is 0 Å².